The largest absolute Gasteiger partial charge is 0.383 e. The lowest BCUT2D eigenvalue weighted by atomic mass is 10.1. The normalized spacial score (nSPS) is 20.6. The van der Waals surface area contributed by atoms with Crippen LogP contribution in [0.3, 0.4) is 0 Å². The van der Waals surface area contributed by atoms with Crippen molar-refractivity contribution in [1.82, 2.24) is 0 Å². The van der Waals surface area contributed by atoms with Crippen LogP contribution in [0.4, 0.5) is 0 Å². The number of rotatable bonds is 2. The predicted molar refractivity (Wildman–Crippen MR) is 51.7 cm³/mol. The number of benzene rings is 1. The highest BCUT2D eigenvalue weighted by atomic mass is 16.7. The molecule has 0 saturated carbocycles. The number of ether oxygens (including phenoxy) is 2. The van der Waals surface area contributed by atoms with Gasteiger partial charge in [-0.1, -0.05) is 30.3 Å². The van der Waals surface area contributed by atoms with E-state index in [0.29, 0.717) is 13.2 Å². The number of hydrogen-bond donors (Lipinski definition) is 1. The van der Waals surface area contributed by atoms with E-state index in [-0.39, 0.29) is 0 Å². The van der Waals surface area contributed by atoms with Gasteiger partial charge in [-0.05, 0) is 12.0 Å². The van der Waals surface area contributed by atoms with Crippen molar-refractivity contribution in [2.24, 2.45) is 0 Å². The highest BCUT2D eigenvalue weighted by Gasteiger charge is 2.24. The molecule has 1 heterocycles. The van der Waals surface area contributed by atoms with Crippen molar-refractivity contribution >= 4 is 0 Å². The van der Waals surface area contributed by atoms with Gasteiger partial charge in [-0.15, -0.1) is 0 Å². The second-order valence-electron chi connectivity index (χ2n) is 3.32. The zero-order valence-electron chi connectivity index (χ0n) is 7.93. The number of aliphatic hydroxyl groups excluding tert-OH is 1. The standard InChI is InChI=1S/C11H14O3/c12-10(9-5-2-1-3-6-9)11-13-7-4-8-14-11/h1-3,5-6,10-12H,4,7-8H2/t10-/m1/s1. The Bertz CT molecular complexity index is 267. The van der Waals surface area contributed by atoms with Crippen LogP contribution < -0.4 is 0 Å². The lowest BCUT2D eigenvalue weighted by Crippen LogP contribution is -2.30. The van der Waals surface area contributed by atoms with Crippen LogP contribution in [-0.2, 0) is 9.47 Å². The first kappa shape index (κ1) is 9.65. The molecule has 1 atom stereocenters. The molecule has 0 radical (unpaired) electrons. The molecule has 0 spiro atoms. The first-order valence-corrected chi connectivity index (χ1v) is 4.84. The number of hydrogen-bond acceptors (Lipinski definition) is 3. The molecule has 0 aromatic heterocycles. The van der Waals surface area contributed by atoms with Crippen molar-refractivity contribution in [2.45, 2.75) is 18.8 Å². The smallest absolute Gasteiger partial charge is 0.187 e. The topological polar surface area (TPSA) is 38.7 Å². The van der Waals surface area contributed by atoms with E-state index in [0.717, 1.165) is 12.0 Å². The van der Waals surface area contributed by atoms with E-state index in [9.17, 15) is 5.11 Å². The summed E-state index contributed by atoms with van der Waals surface area (Å²) in [5.74, 6) is 0. The molecule has 1 aliphatic rings. The van der Waals surface area contributed by atoms with Gasteiger partial charge in [-0.2, -0.15) is 0 Å². The minimum Gasteiger partial charge on any atom is -0.383 e. The Balaban J connectivity index is 2.03. The van der Waals surface area contributed by atoms with E-state index in [1.807, 2.05) is 30.3 Å². The lowest BCUT2D eigenvalue weighted by molar-refractivity contribution is -0.224. The summed E-state index contributed by atoms with van der Waals surface area (Å²) in [4.78, 5) is 0. The zero-order chi connectivity index (χ0) is 9.80. The molecule has 3 heteroatoms. The van der Waals surface area contributed by atoms with Gasteiger partial charge in [0.15, 0.2) is 6.29 Å². The second-order valence-corrected chi connectivity index (χ2v) is 3.32. The van der Waals surface area contributed by atoms with Crippen molar-refractivity contribution in [1.29, 1.82) is 0 Å². The fourth-order valence-electron chi connectivity index (χ4n) is 1.50. The molecule has 0 amide bonds. The lowest BCUT2D eigenvalue weighted by Gasteiger charge is -2.27. The molecule has 0 aliphatic carbocycles. The quantitative estimate of drug-likeness (QED) is 0.775. The molecule has 1 N–H and O–H groups in total. The van der Waals surface area contributed by atoms with E-state index in [4.69, 9.17) is 9.47 Å². The van der Waals surface area contributed by atoms with Crippen LogP contribution in [0.2, 0.25) is 0 Å². The maximum atomic E-state index is 9.90. The van der Waals surface area contributed by atoms with Crippen LogP contribution in [0.25, 0.3) is 0 Å². The van der Waals surface area contributed by atoms with Crippen molar-refractivity contribution < 1.29 is 14.6 Å². The van der Waals surface area contributed by atoms with Gasteiger partial charge in [-0.3, -0.25) is 0 Å². The summed E-state index contributed by atoms with van der Waals surface area (Å²) < 4.78 is 10.6. The summed E-state index contributed by atoms with van der Waals surface area (Å²) in [6, 6.07) is 9.43. The van der Waals surface area contributed by atoms with Crippen molar-refractivity contribution in [3.63, 3.8) is 0 Å². The van der Waals surface area contributed by atoms with Crippen LogP contribution in [0.1, 0.15) is 18.1 Å². The highest BCUT2D eigenvalue weighted by molar-refractivity contribution is 5.17. The van der Waals surface area contributed by atoms with E-state index < -0.39 is 12.4 Å². The van der Waals surface area contributed by atoms with Crippen LogP contribution in [0.15, 0.2) is 30.3 Å². The molecule has 1 saturated heterocycles. The third kappa shape index (κ3) is 2.12. The molecular weight excluding hydrogens is 180 g/mol. The van der Waals surface area contributed by atoms with Gasteiger partial charge in [0.2, 0.25) is 0 Å². The second kappa shape index (κ2) is 4.55. The monoisotopic (exact) mass is 194 g/mol. The summed E-state index contributed by atoms with van der Waals surface area (Å²) in [5, 5.41) is 9.90. The van der Waals surface area contributed by atoms with Crippen molar-refractivity contribution in [3.05, 3.63) is 35.9 Å². The van der Waals surface area contributed by atoms with Gasteiger partial charge in [0, 0.05) is 0 Å². The molecule has 0 bridgehead atoms. The first-order valence-electron chi connectivity index (χ1n) is 4.84. The summed E-state index contributed by atoms with van der Waals surface area (Å²) in [6.45, 7) is 1.32. The van der Waals surface area contributed by atoms with Gasteiger partial charge < -0.3 is 14.6 Å². The van der Waals surface area contributed by atoms with Gasteiger partial charge in [0.25, 0.3) is 0 Å². The van der Waals surface area contributed by atoms with Crippen molar-refractivity contribution in [2.75, 3.05) is 13.2 Å². The van der Waals surface area contributed by atoms with E-state index in [2.05, 4.69) is 0 Å². The molecule has 1 aromatic rings. The molecule has 1 aliphatic heterocycles. The summed E-state index contributed by atoms with van der Waals surface area (Å²) >= 11 is 0. The van der Waals surface area contributed by atoms with E-state index in [1.54, 1.807) is 0 Å². The zero-order valence-corrected chi connectivity index (χ0v) is 7.93. The molecule has 2 rings (SSSR count). The van der Waals surface area contributed by atoms with Gasteiger partial charge in [0.1, 0.15) is 6.10 Å². The van der Waals surface area contributed by atoms with E-state index in [1.165, 1.54) is 0 Å². The Morgan fingerprint density at radius 1 is 1.14 bits per heavy atom. The van der Waals surface area contributed by atoms with Gasteiger partial charge in [-0.25, -0.2) is 0 Å². The summed E-state index contributed by atoms with van der Waals surface area (Å²) in [6.07, 6.45) is -0.291. The van der Waals surface area contributed by atoms with Gasteiger partial charge in [0.05, 0.1) is 13.2 Å². The van der Waals surface area contributed by atoms with Crippen LogP contribution in [0, 0.1) is 0 Å². The Morgan fingerprint density at radius 2 is 1.79 bits per heavy atom. The summed E-state index contributed by atoms with van der Waals surface area (Å²) in [5.41, 5.74) is 0.833. The fourth-order valence-corrected chi connectivity index (χ4v) is 1.50. The van der Waals surface area contributed by atoms with Crippen LogP contribution in [0.5, 0.6) is 0 Å². The van der Waals surface area contributed by atoms with Crippen LogP contribution in [-0.4, -0.2) is 24.6 Å². The SMILES string of the molecule is O[C@H](c1ccccc1)C1OCCCO1. The minimum absolute atomic E-state index is 0.508. The molecule has 76 valence electrons. The molecule has 0 unspecified atom stereocenters. The third-order valence-corrected chi connectivity index (χ3v) is 2.25. The minimum atomic E-state index is -0.684. The maximum Gasteiger partial charge on any atom is 0.187 e. The summed E-state index contributed by atoms with van der Waals surface area (Å²) in [7, 11) is 0. The third-order valence-electron chi connectivity index (χ3n) is 2.25. The Kier molecular flexibility index (Phi) is 3.14. The number of aliphatic hydroxyl groups is 1. The van der Waals surface area contributed by atoms with E-state index >= 15 is 0 Å². The Morgan fingerprint density at radius 3 is 2.43 bits per heavy atom. The first-order chi connectivity index (χ1) is 6.88. The predicted octanol–water partition coefficient (Wildman–Crippen LogP) is 1.48. The average molecular weight is 194 g/mol. The maximum absolute atomic E-state index is 9.90. The van der Waals surface area contributed by atoms with Crippen molar-refractivity contribution in [3.8, 4) is 0 Å². The van der Waals surface area contributed by atoms with Crippen LogP contribution >= 0.6 is 0 Å². The molecule has 1 aromatic carbocycles. The fraction of sp³-hybridized carbons (Fsp3) is 0.455. The molecule has 3 nitrogen and oxygen atoms in total. The molecular formula is C11H14O3. The Hall–Kier alpha value is -0.900. The highest BCUT2D eigenvalue weighted by Crippen LogP contribution is 2.22. The molecule has 14 heavy (non-hydrogen) atoms. The Labute approximate surface area is 83.3 Å². The van der Waals surface area contributed by atoms with Gasteiger partial charge >= 0.3 is 0 Å². The average Bonchev–Trinajstić information content (AvgIpc) is 2.30. The molecule has 1 fully saturated rings.